The van der Waals surface area contributed by atoms with Gasteiger partial charge in [-0.05, 0) is 62.1 Å². The lowest BCUT2D eigenvalue weighted by Gasteiger charge is -2.20. The highest BCUT2D eigenvalue weighted by molar-refractivity contribution is 6.17. The lowest BCUT2D eigenvalue weighted by Crippen LogP contribution is -2.26. The molecular weight excluding hydrogens is 270 g/mol. The molecule has 2 nitrogen and oxygen atoms in total. The van der Waals surface area contributed by atoms with Gasteiger partial charge in [-0.15, -0.1) is 11.6 Å². The summed E-state index contributed by atoms with van der Waals surface area (Å²) in [6, 6.07) is 6.76. The van der Waals surface area contributed by atoms with Gasteiger partial charge >= 0.3 is 0 Å². The average molecular weight is 294 g/mol. The monoisotopic (exact) mass is 293 g/mol. The number of nitrogens with one attached hydrogen (secondary N) is 1. The smallest absolute Gasteiger partial charge is 0.220 e. The SMILES string of the molecule is CC(NC(=O)CCCCCl)c1ccc2c(c1)CCCC2. The Morgan fingerprint density at radius 3 is 2.75 bits per heavy atom. The predicted molar refractivity (Wildman–Crippen MR) is 84.2 cm³/mol. The summed E-state index contributed by atoms with van der Waals surface area (Å²) in [5.41, 5.74) is 4.17. The minimum absolute atomic E-state index is 0.0886. The fourth-order valence-electron chi connectivity index (χ4n) is 2.80. The van der Waals surface area contributed by atoms with E-state index >= 15 is 0 Å². The van der Waals surface area contributed by atoms with E-state index in [4.69, 9.17) is 11.6 Å². The second kappa shape index (κ2) is 7.68. The number of carbonyl (C=O) groups is 1. The van der Waals surface area contributed by atoms with Crippen molar-refractivity contribution in [1.29, 1.82) is 0 Å². The molecule has 0 spiro atoms. The average Bonchev–Trinajstić information content (AvgIpc) is 2.47. The fraction of sp³-hybridized carbons (Fsp3) is 0.588. The molecule has 0 bridgehead atoms. The molecular formula is C17H24ClNO. The molecule has 0 heterocycles. The number of halogens is 1. The van der Waals surface area contributed by atoms with Crippen LogP contribution in [-0.2, 0) is 17.6 Å². The molecule has 1 aliphatic rings. The summed E-state index contributed by atoms with van der Waals surface area (Å²) in [7, 11) is 0. The van der Waals surface area contributed by atoms with Gasteiger partial charge in [-0.3, -0.25) is 4.79 Å². The first-order valence-electron chi connectivity index (χ1n) is 7.67. The molecule has 0 saturated carbocycles. The molecule has 2 rings (SSSR count). The van der Waals surface area contributed by atoms with Crippen LogP contribution in [0.25, 0.3) is 0 Å². The number of hydrogen-bond acceptors (Lipinski definition) is 1. The Morgan fingerprint density at radius 2 is 2.00 bits per heavy atom. The van der Waals surface area contributed by atoms with Gasteiger partial charge in [0.25, 0.3) is 0 Å². The molecule has 0 fully saturated rings. The Balaban J connectivity index is 1.91. The van der Waals surface area contributed by atoms with Crippen molar-refractivity contribution in [3.8, 4) is 0 Å². The van der Waals surface area contributed by atoms with Crippen LogP contribution >= 0.6 is 11.6 Å². The van der Waals surface area contributed by atoms with E-state index in [1.807, 2.05) is 0 Å². The molecule has 1 aliphatic carbocycles. The summed E-state index contributed by atoms with van der Waals surface area (Å²) in [6.07, 6.45) is 7.32. The number of rotatable bonds is 6. The topological polar surface area (TPSA) is 29.1 Å². The number of amides is 1. The Bertz CT molecular complexity index is 458. The summed E-state index contributed by atoms with van der Waals surface area (Å²) in [5, 5.41) is 3.08. The molecule has 1 atom stereocenters. The highest BCUT2D eigenvalue weighted by Gasteiger charge is 2.13. The molecule has 20 heavy (non-hydrogen) atoms. The lowest BCUT2D eigenvalue weighted by atomic mass is 9.89. The summed E-state index contributed by atoms with van der Waals surface area (Å²) in [4.78, 5) is 11.8. The first-order chi connectivity index (χ1) is 9.70. The molecule has 0 radical (unpaired) electrons. The number of aryl methyl sites for hydroxylation is 2. The van der Waals surface area contributed by atoms with Crippen molar-refractivity contribution in [2.45, 2.75) is 57.9 Å². The molecule has 110 valence electrons. The van der Waals surface area contributed by atoms with Crippen LogP contribution in [0.3, 0.4) is 0 Å². The molecule has 1 unspecified atom stereocenters. The second-order valence-electron chi connectivity index (χ2n) is 5.67. The number of hydrogen-bond donors (Lipinski definition) is 1. The number of carbonyl (C=O) groups excluding carboxylic acids is 1. The van der Waals surface area contributed by atoms with Crippen molar-refractivity contribution < 1.29 is 4.79 Å². The van der Waals surface area contributed by atoms with Crippen LogP contribution in [0, 0.1) is 0 Å². The molecule has 1 N–H and O–H groups in total. The Kier molecular flexibility index (Phi) is 5.90. The quantitative estimate of drug-likeness (QED) is 0.619. The third kappa shape index (κ3) is 4.24. The fourth-order valence-corrected chi connectivity index (χ4v) is 2.99. The zero-order valence-corrected chi connectivity index (χ0v) is 13.0. The number of unbranched alkanes of at least 4 members (excludes halogenated alkanes) is 1. The van der Waals surface area contributed by atoms with Crippen molar-refractivity contribution >= 4 is 17.5 Å². The van der Waals surface area contributed by atoms with Gasteiger partial charge in [0.05, 0.1) is 6.04 Å². The summed E-state index contributed by atoms with van der Waals surface area (Å²) < 4.78 is 0. The molecule has 1 amide bonds. The zero-order chi connectivity index (χ0) is 14.4. The summed E-state index contributed by atoms with van der Waals surface area (Å²) in [6.45, 7) is 2.06. The third-order valence-corrected chi connectivity index (χ3v) is 4.30. The second-order valence-corrected chi connectivity index (χ2v) is 6.05. The maximum absolute atomic E-state index is 11.8. The highest BCUT2D eigenvalue weighted by Crippen LogP contribution is 2.24. The number of benzene rings is 1. The maximum atomic E-state index is 11.8. The Labute approximate surface area is 126 Å². The molecule has 0 saturated heterocycles. The first kappa shape index (κ1) is 15.4. The van der Waals surface area contributed by atoms with E-state index in [2.05, 4.69) is 30.4 Å². The van der Waals surface area contributed by atoms with Crippen LogP contribution in [0.4, 0.5) is 0 Å². The Morgan fingerprint density at radius 1 is 1.25 bits per heavy atom. The van der Waals surface area contributed by atoms with Crippen LogP contribution < -0.4 is 5.32 Å². The molecule has 3 heteroatoms. The van der Waals surface area contributed by atoms with E-state index in [1.165, 1.54) is 42.4 Å². The third-order valence-electron chi connectivity index (χ3n) is 4.04. The van der Waals surface area contributed by atoms with Crippen molar-refractivity contribution in [3.05, 3.63) is 34.9 Å². The lowest BCUT2D eigenvalue weighted by molar-refractivity contribution is -0.121. The van der Waals surface area contributed by atoms with Gasteiger partial charge < -0.3 is 5.32 Å². The van der Waals surface area contributed by atoms with E-state index < -0.39 is 0 Å². The molecule has 0 aromatic heterocycles. The van der Waals surface area contributed by atoms with E-state index in [1.54, 1.807) is 0 Å². The van der Waals surface area contributed by atoms with Gasteiger partial charge in [0.2, 0.25) is 5.91 Å². The van der Waals surface area contributed by atoms with E-state index in [-0.39, 0.29) is 11.9 Å². The van der Waals surface area contributed by atoms with Gasteiger partial charge in [0.1, 0.15) is 0 Å². The minimum atomic E-state index is 0.0886. The number of alkyl halides is 1. The first-order valence-corrected chi connectivity index (χ1v) is 8.21. The van der Waals surface area contributed by atoms with Crippen LogP contribution in [0.2, 0.25) is 0 Å². The van der Waals surface area contributed by atoms with Crippen LogP contribution in [0.5, 0.6) is 0 Å². The van der Waals surface area contributed by atoms with Crippen LogP contribution in [-0.4, -0.2) is 11.8 Å². The van der Waals surface area contributed by atoms with E-state index in [9.17, 15) is 4.79 Å². The normalized spacial score (nSPS) is 15.5. The van der Waals surface area contributed by atoms with Gasteiger partial charge in [-0.2, -0.15) is 0 Å². The molecule has 1 aromatic carbocycles. The van der Waals surface area contributed by atoms with Gasteiger partial charge in [-0.25, -0.2) is 0 Å². The van der Waals surface area contributed by atoms with E-state index in [0.29, 0.717) is 12.3 Å². The largest absolute Gasteiger partial charge is 0.350 e. The summed E-state index contributed by atoms with van der Waals surface area (Å²) >= 11 is 5.62. The zero-order valence-electron chi connectivity index (χ0n) is 12.3. The standard InChI is InChI=1S/C17H24ClNO/c1-13(19-17(20)8-4-5-11-18)15-10-9-14-6-2-3-7-16(14)12-15/h9-10,12-13H,2-8,11H2,1H3,(H,19,20). The van der Waals surface area contributed by atoms with Gasteiger partial charge in [-0.1, -0.05) is 18.2 Å². The van der Waals surface area contributed by atoms with Crippen LogP contribution in [0.1, 0.15) is 61.8 Å². The van der Waals surface area contributed by atoms with E-state index in [0.717, 1.165) is 12.8 Å². The minimum Gasteiger partial charge on any atom is -0.350 e. The van der Waals surface area contributed by atoms with Crippen LogP contribution in [0.15, 0.2) is 18.2 Å². The van der Waals surface area contributed by atoms with Crippen molar-refractivity contribution in [2.75, 3.05) is 5.88 Å². The van der Waals surface area contributed by atoms with Crippen molar-refractivity contribution in [3.63, 3.8) is 0 Å². The molecule has 1 aromatic rings. The maximum Gasteiger partial charge on any atom is 0.220 e. The van der Waals surface area contributed by atoms with Crippen molar-refractivity contribution in [1.82, 2.24) is 5.32 Å². The predicted octanol–water partition coefficient (Wildman–Crippen LogP) is 4.15. The van der Waals surface area contributed by atoms with Gasteiger partial charge in [0.15, 0.2) is 0 Å². The van der Waals surface area contributed by atoms with Gasteiger partial charge in [0, 0.05) is 12.3 Å². The summed E-state index contributed by atoms with van der Waals surface area (Å²) in [5.74, 6) is 0.758. The molecule has 0 aliphatic heterocycles. The highest BCUT2D eigenvalue weighted by atomic mass is 35.5. The number of fused-ring (bicyclic) bond motifs is 1. The van der Waals surface area contributed by atoms with Crippen molar-refractivity contribution in [2.24, 2.45) is 0 Å². The Hall–Kier alpha value is -1.02.